The van der Waals surface area contributed by atoms with Crippen molar-refractivity contribution in [2.75, 3.05) is 13.7 Å². The fourth-order valence-corrected chi connectivity index (χ4v) is 2.70. The van der Waals surface area contributed by atoms with Gasteiger partial charge in [0.05, 0.1) is 13.7 Å². The Labute approximate surface area is 154 Å². The predicted octanol–water partition coefficient (Wildman–Crippen LogP) is 4.95. The Bertz CT molecular complexity index is 852. The minimum Gasteiger partial charge on any atom is -0.497 e. The van der Waals surface area contributed by atoms with E-state index in [1.807, 2.05) is 72.8 Å². The van der Waals surface area contributed by atoms with E-state index in [9.17, 15) is 0 Å². The summed E-state index contributed by atoms with van der Waals surface area (Å²) in [4.78, 5) is 0. The quantitative estimate of drug-likeness (QED) is 0.658. The van der Waals surface area contributed by atoms with Gasteiger partial charge >= 0.3 is 0 Å². The summed E-state index contributed by atoms with van der Waals surface area (Å²) in [5, 5.41) is 9.01. The number of ether oxygens (including phenoxy) is 2. The van der Waals surface area contributed by atoms with E-state index in [0.29, 0.717) is 6.61 Å². The third-order valence-electron chi connectivity index (χ3n) is 4.06. The summed E-state index contributed by atoms with van der Waals surface area (Å²) in [7, 11) is 1.66. The molecule has 0 amide bonds. The highest BCUT2D eigenvalue weighted by molar-refractivity contribution is 5.74. The summed E-state index contributed by atoms with van der Waals surface area (Å²) >= 11 is 0. The van der Waals surface area contributed by atoms with Crippen molar-refractivity contribution in [1.82, 2.24) is 0 Å². The van der Waals surface area contributed by atoms with E-state index in [-0.39, 0.29) is 6.61 Å². The van der Waals surface area contributed by atoms with Crippen molar-refractivity contribution in [3.63, 3.8) is 0 Å². The molecular weight excluding hydrogens is 324 g/mol. The van der Waals surface area contributed by atoms with Crippen LogP contribution in [-0.2, 0) is 6.61 Å². The average molecular weight is 346 g/mol. The molecule has 26 heavy (non-hydrogen) atoms. The highest BCUT2D eigenvalue weighted by atomic mass is 16.5. The maximum Gasteiger partial charge on any atom is 0.127 e. The van der Waals surface area contributed by atoms with Crippen molar-refractivity contribution in [2.45, 2.75) is 6.61 Å². The van der Waals surface area contributed by atoms with Gasteiger partial charge in [-0.1, -0.05) is 60.7 Å². The summed E-state index contributed by atoms with van der Waals surface area (Å²) in [5.74, 6) is 1.64. The third kappa shape index (κ3) is 4.52. The second-order valence-corrected chi connectivity index (χ2v) is 5.84. The van der Waals surface area contributed by atoms with Crippen molar-refractivity contribution in [1.29, 1.82) is 0 Å². The Kier molecular flexibility index (Phi) is 6.07. The SMILES string of the molecule is COc1ccc(-c2cc(/C=C/CO)ccc2OCc2ccccc2)cc1. The van der Waals surface area contributed by atoms with Crippen LogP contribution >= 0.6 is 0 Å². The molecule has 0 saturated heterocycles. The zero-order valence-corrected chi connectivity index (χ0v) is 14.8. The molecule has 3 aromatic rings. The Hall–Kier alpha value is -3.04. The Morgan fingerprint density at radius 2 is 1.69 bits per heavy atom. The summed E-state index contributed by atoms with van der Waals surface area (Å²) in [6, 6.07) is 24.0. The van der Waals surface area contributed by atoms with Gasteiger partial charge in [0.25, 0.3) is 0 Å². The highest BCUT2D eigenvalue weighted by Gasteiger charge is 2.08. The molecule has 0 fully saturated rings. The number of aliphatic hydroxyl groups is 1. The Morgan fingerprint density at radius 3 is 2.38 bits per heavy atom. The van der Waals surface area contributed by atoms with E-state index >= 15 is 0 Å². The topological polar surface area (TPSA) is 38.7 Å². The molecule has 0 aliphatic carbocycles. The van der Waals surface area contributed by atoms with E-state index in [0.717, 1.165) is 33.8 Å². The molecule has 0 radical (unpaired) electrons. The monoisotopic (exact) mass is 346 g/mol. The van der Waals surface area contributed by atoms with Gasteiger partial charge in [0.2, 0.25) is 0 Å². The summed E-state index contributed by atoms with van der Waals surface area (Å²) in [6.45, 7) is 0.528. The molecule has 132 valence electrons. The number of aliphatic hydroxyl groups excluding tert-OH is 1. The number of hydrogen-bond acceptors (Lipinski definition) is 3. The first kappa shape index (κ1) is 17.8. The Balaban J connectivity index is 1.92. The van der Waals surface area contributed by atoms with E-state index in [1.165, 1.54) is 0 Å². The summed E-state index contributed by atoms with van der Waals surface area (Å²) in [6.07, 6.45) is 3.62. The lowest BCUT2D eigenvalue weighted by Crippen LogP contribution is -1.97. The van der Waals surface area contributed by atoms with Gasteiger partial charge < -0.3 is 14.6 Å². The van der Waals surface area contributed by atoms with Crippen molar-refractivity contribution in [3.05, 3.63) is 90.0 Å². The Morgan fingerprint density at radius 1 is 0.923 bits per heavy atom. The largest absolute Gasteiger partial charge is 0.497 e. The normalized spacial score (nSPS) is 10.8. The molecule has 1 N–H and O–H groups in total. The first-order valence-electron chi connectivity index (χ1n) is 8.53. The number of rotatable bonds is 7. The van der Waals surface area contributed by atoms with Crippen LogP contribution in [0.4, 0.5) is 0 Å². The van der Waals surface area contributed by atoms with E-state index in [4.69, 9.17) is 14.6 Å². The van der Waals surface area contributed by atoms with Gasteiger partial charge in [-0.15, -0.1) is 0 Å². The molecule has 0 atom stereocenters. The second-order valence-electron chi connectivity index (χ2n) is 5.84. The zero-order chi connectivity index (χ0) is 18.2. The number of benzene rings is 3. The van der Waals surface area contributed by atoms with E-state index < -0.39 is 0 Å². The van der Waals surface area contributed by atoms with Crippen LogP contribution in [0.25, 0.3) is 17.2 Å². The van der Waals surface area contributed by atoms with Crippen LogP contribution in [0.2, 0.25) is 0 Å². The fourth-order valence-electron chi connectivity index (χ4n) is 2.70. The van der Waals surface area contributed by atoms with Crippen LogP contribution in [0, 0.1) is 0 Å². The van der Waals surface area contributed by atoms with Gasteiger partial charge in [0.1, 0.15) is 18.1 Å². The summed E-state index contributed by atoms with van der Waals surface area (Å²) < 4.78 is 11.3. The molecule has 3 rings (SSSR count). The standard InChI is InChI=1S/C23H22O3/c1-25-21-12-10-20(11-13-21)22-16-18(8-5-15-24)9-14-23(22)26-17-19-6-3-2-4-7-19/h2-14,16,24H,15,17H2,1H3/b8-5+. The molecule has 0 aliphatic heterocycles. The maximum atomic E-state index is 9.01. The van der Waals surface area contributed by atoms with Crippen molar-refractivity contribution in [2.24, 2.45) is 0 Å². The third-order valence-corrected chi connectivity index (χ3v) is 4.06. The van der Waals surface area contributed by atoms with Gasteiger partial charge in [0, 0.05) is 5.56 Å². The van der Waals surface area contributed by atoms with Crippen molar-refractivity contribution >= 4 is 6.08 Å². The van der Waals surface area contributed by atoms with Gasteiger partial charge in [-0.25, -0.2) is 0 Å². The van der Waals surface area contributed by atoms with Crippen LogP contribution in [0.3, 0.4) is 0 Å². The second kappa shape index (κ2) is 8.88. The molecule has 0 heterocycles. The van der Waals surface area contributed by atoms with Crippen molar-refractivity contribution in [3.8, 4) is 22.6 Å². The molecule has 3 heteroatoms. The zero-order valence-electron chi connectivity index (χ0n) is 14.8. The van der Waals surface area contributed by atoms with Gasteiger partial charge in [-0.05, 0) is 41.0 Å². The van der Waals surface area contributed by atoms with Crippen molar-refractivity contribution < 1.29 is 14.6 Å². The smallest absolute Gasteiger partial charge is 0.127 e. The van der Waals surface area contributed by atoms with E-state index in [1.54, 1.807) is 13.2 Å². The molecular formula is C23H22O3. The van der Waals surface area contributed by atoms with Gasteiger partial charge in [0.15, 0.2) is 0 Å². The predicted molar refractivity (Wildman–Crippen MR) is 105 cm³/mol. The minimum atomic E-state index is 0.0180. The molecule has 0 spiro atoms. The molecule has 3 aromatic carbocycles. The molecule has 0 aliphatic rings. The van der Waals surface area contributed by atoms with Gasteiger partial charge in [-0.3, -0.25) is 0 Å². The first-order chi connectivity index (χ1) is 12.8. The number of methoxy groups -OCH3 is 1. The minimum absolute atomic E-state index is 0.0180. The lowest BCUT2D eigenvalue weighted by atomic mass is 10.0. The molecule has 3 nitrogen and oxygen atoms in total. The van der Waals surface area contributed by atoms with Crippen LogP contribution in [0.1, 0.15) is 11.1 Å². The average Bonchev–Trinajstić information content (AvgIpc) is 2.72. The van der Waals surface area contributed by atoms with Crippen LogP contribution < -0.4 is 9.47 Å². The van der Waals surface area contributed by atoms with Gasteiger partial charge in [-0.2, -0.15) is 0 Å². The molecule has 0 bridgehead atoms. The highest BCUT2D eigenvalue weighted by Crippen LogP contribution is 2.33. The first-order valence-corrected chi connectivity index (χ1v) is 8.53. The lowest BCUT2D eigenvalue weighted by Gasteiger charge is -2.13. The van der Waals surface area contributed by atoms with E-state index in [2.05, 4.69) is 6.07 Å². The number of hydrogen-bond donors (Lipinski definition) is 1. The van der Waals surface area contributed by atoms with Crippen LogP contribution in [0.5, 0.6) is 11.5 Å². The molecule has 0 aromatic heterocycles. The summed E-state index contributed by atoms with van der Waals surface area (Å²) in [5.41, 5.74) is 4.19. The fraction of sp³-hybridized carbons (Fsp3) is 0.130. The van der Waals surface area contributed by atoms with Crippen LogP contribution in [0.15, 0.2) is 78.9 Å². The molecule has 0 saturated carbocycles. The molecule has 0 unspecified atom stereocenters. The van der Waals surface area contributed by atoms with Crippen LogP contribution in [-0.4, -0.2) is 18.8 Å². The maximum absolute atomic E-state index is 9.01. The lowest BCUT2D eigenvalue weighted by molar-refractivity contribution is 0.307.